The molecule has 0 spiro atoms. The van der Waals surface area contributed by atoms with E-state index in [1.165, 1.54) is 18.2 Å². The molecule has 96 valence electrons. The van der Waals surface area contributed by atoms with Gasteiger partial charge in [0.05, 0.1) is 0 Å². The molecule has 0 saturated carbocycles. The van der Waals surface area contributed by atoms with Gasteiger partial charge in [0.2, 0.25) is 0 Å². The standard InChI is InChI=1S/C14H16FNO2/c1-5-10-6-7-12(15)8-11(10)9-16-13(17)18-14(2,3)4/h1,6-8H,9H2,2-4H3,(H,16,17). The highest BCUT2D eigenvalue weighted by molar-refractivity contribution is 5.67. The first-order valence-corrected chi connectivity index (χ1v) is 5.54. The Kier molecular flexibility index (Phi) is 4.33. The number of alkyl carbamates (subject to hydrolysis) is 1. The number of carbonyl (C=O) groups is 1. The Bertz CT molecular complexity index is 484. The predicted octanol–water partition coefficient (Wildman–Crippen LogP) is 2.83. The summed E-state index contributed by atoms with van der Waals surface area (Å²) in [5, 5.41) is 2.53. The van der Waals surface area contributed by atoms with Crippen LogP contribution in [0, 0.1) is 18.2 Å². The number of hydrogen-bond donors (Lipinski definition) is 1. The molecule has 4 heteroatoms. The predicted molar refractivity (Wildman–Crippen MR) is 67.4 cm³/mol. The highest BCUT2D eigenvalue weighted by Gasteiger charge is 2.16. The van der Waals surface area contributed by atoms with Gasteiger partial charge >= 0.3 is 6.09 Å². The Balaban J connectivity index is 2.67. The van der Waals surface area contributed by atoms with Crippen LogP contribution in [0.5, 0.6) is 0 Å². The van der Waals surface area contributed by atoms with Crippen LogP contribution in [-0.4, -0.2) is 11.7 Å². The fraction of sp³-hybridized carbons (Fsp3) is 0.357. The van der Waals surface area contributed by atoms with Crippen molar-refractivity contribution in [2.24, 2.45) is 0 Å². The molecule has 1 N–H and O–H groups in total. The lowest BCUT2D eigenvalue weighted by molar-refractivity contribution is 0.0523. The van der Waals surface area contributed by atoms with Crippen molar-refractivity contribution < 1.29 is 13.9 Å². The van der Waals surface area contributed by atoms with E-state index in [0.29, 0.717) is 11.1 Å². The van der Waals surface area contributed by atoms with Gasteiger partial charge in [-0.15, -0.1) is 6.42 Å². The van der Waals surface area contributed by atoms with Crippen molar-refractivity contribution in [1.29, 1.82) is 0 Å². The van der Waals surface area contributed by atoms with E-state index in [-0.39, 0.29) is 6.54 Å². The topological polar surface area (TPSA) is 38.3 Å². The summed E-state index contributed by atoms with van der Waals surface area (Å²) in [6.07, 6.45) is 4.73. The molecular formula is C14H16FNO2. The van der Waals surface area contributed by atoms with E-state index in [2.05, 4.69) is 11.2 Å². The summed E-state index contributed by atoms with van der Waals surface area (Å²) in [5.74, 6) is 2.04. The van der Waals surface area contributed by atoms with Crippen LogP contribution in [0.4, 0.5) is 9.18 Å². The smallest absolute Gasteiger partial charge is 0.407 e. The Morgan fingerprint density at radius 3 is 2.72 bits per heavy atom. The number of amides is 1. The zero-order chi connectivity index (χ0) is 13.8. The minimum Gasteiger partial charge on any atom is -0.444 e. The van der Waals surface area contributed by atoms with E-state index >= 15 is 0 Å². The normalized spacial score (nSPS) is 10.6. The number of ether oxygens (including phenoxy) is 1. The molecule has 1 amide bonds. The first-order valence-electron chi connectivity index (χ1n) is 5.54. The molecule has 1 rings (SSSR count). The molecule has 0 aliphatic carbocycles. The molecule has 0 fully saturated rings. The molecule has 1 aromatic rings. The third-order valence-electron chi connectivity index (χ3n) is 2.04. The third-order valence-corrected chi connectivity index (χ3v) is 2.04. The van der Waals surface area contributed by atoms with Crippen molar-refractivity contribution in [2.75, 3.05) is 0 Å². The van der Waals surface area contributed by atoms with Gasteiger partial charge in [-0.3, -0.25) is 0 Å². The van der Waals surface area contributed by atoms with E-state index < -0.39 is 17.5 Å². The zero-order valence-corrected chi connectivity index (χ0v) is 10.7. The number of rotatable bonds is 2. The molecule has 0 aliphatic heterocycles. The second-order valence-corrected chi connectivity index (χ2v) is 4.80. The number of benzene rings is 1. The number of terminal acetylenes is 1. The summed E-state index contributed by atoms with van der Waals surface area (Å²) in [5.41, 5.74) is 0.525. The molecule has 0 atom stereocenters. The summed E-state index contributed by atoms with van der Waals surface area (Å²) in [6.45, 7) is 5.43. The molecular weight excluding hydrogens is 233 g/mol. The number of halogens is 1. The molecule has 0 bridgehead atoms. The molecule has 0 unspecified atom stereocenters. The van der Waals surface area contributed by atoms with Crippen molar-refractivity contribution in [2.45, 2.75) is 32.9 Å². The molecule has 18 heavy (non-hydrogen) atoms. The number of nitrogens with one attached hydrogen (secondary N) is 1. The summed E-state index contributed by atoms with van der Waals surface area (Å²) < 4.78 is 18.1. The van der Waals surface area contributed by atoms with Crippen LogP contribution in [0.15, 0.2) is 18.2 Å². The second-order valence-electron chi connectivity index (χ2n) is 4.80. The van der Waals surface area contributed by atoms with Gasteiger partial charge in [-0.25, -0.2) is 9.18 Å². The van der Waals surface area contributed by atoms with Crippen LogP contribution in [0.1, 0.15) is 31.9 Å². The van der Waals surface area contributed by atoms with Crippen LogP contribution >= 0.6 is 0 Å². The molecule has 0 aromatic heterocycles. The third kappa shape index (κ3) is 4.46. The van der Waals surface area contributed by atoms with E-state index in [1.54, 1.807) is 20.8 Å². The van der Waals surface area contributed by atoms with Crippen molar-refractivity contribution in [1.82, 2.24) is 5.32 Å². The fourth-order valence-electron chi connectivity index (χ4n) is 1.33. The van der Waals surface area contributed by atoms with Crippen LogP contribution < -0.4 is 5.32 Å². The van der Waals surface area contributed by atoms with Crippen LogP contribution in [0.3, 0.4) is 0 Å². The SMILES string of the molecule is C#Cc1ccc(F)cc1CNC(=O)OC(C)(C)C. The minimum atomic E-state index is -0.568. The van der Waals surface area contributed by atoms with E-state index in [9.17, 15) is 9.18 Å². The average Bonchev–Trinajstić information content (AvgIpc) is 2.24. The lowest BCUT2D eigenvalue weighted by Crippen LogP contribution is -2.32. The maximum atomic E-state index is 13.1. The van der Waals surface area contributed by atoms with Gasteiger partial charge < -0.3 is 10.1 Å². The first kappa shape index (κ1) is 14.0. The van der Waals surface area contributed by atoms with Gasteiger partial charge in [-0.2, -0.15) is 0 Å². The molecule has 0 saturated heterocycles. The Morgan fingerprint density at radius 1 is 1.50 bits per heavy atom. The van der Waals surface area contributed by atoms with E-state index in [4.69, 9.17) is 11.2 Å². The van der Waals surface area contributed by atoms with Crippen LogP contribution in [0.2, 0.25) is 0 Å². The van der Waals surface area contributed by atoms with Gasteiger partial charge in [-0.05, 0) is 44.5 Å². The monoisotopic (exact) mass is 249 g/mol. The Hall–Kier alpha value is -2.02. The molecule has 1 aromatic carbocycles. The number of carbonyl (C=O) groups excluding carboxylic acids is 1. The molecule has 3 nitrogen and oxygen atoms in total. The minimum absolute atomic E-state index is 0.131. The lowest BCUT2D eigenvalue weighted by Gasteiger charge is -2.19. The first-order chi connectivity index (χ1) is 8.31. The highest BCUT2D eigenvalue weighted by atomic mass is 19.1. The van der Waals surface area contributed by atoms with Gasteiger partial charge in [0.25, 0.3) is 0 Å². The maximum Gasteiger partial charge on any atom is 0.407 e. The summed E-state index contributed by atoms with van der Waals surface area (Å²) in [7, 11) is 0. The zero-order valence-electron chi connectivity index (χ0n) is 10.7. The maximum absolute atomic E-state index is 13.1. The molecule has 0 radical (unpaired) electrons. The fourth-order valence-corrected chi connectivity index (χ4v) is 1.33. The quantitative estimate of drug-likeness (QED) is 0.818. The van der Waals surface area contributed by atoms with Crippen molar-refractivity contribution in [3.63, 3.8) is 0 Å². The average molecular weight is 249 g/mol. The molecule has 0 heterocycles. The van der Waals surface area contributed by atoms with E-state index in [0.717, 1.165) is 0 Å². The van der Waals surface area contributed by atoms with Gasteiger partial charge in [0, 0.05) is 12.1 Å². The lowest BCUT2D eigenvalue weighted by atomic mass is 10.1. The second kappa shape index (κ2) is 5.54. The van der Waals surface area contributed by atoms with E-state index in [1.807, 2.05) is 0 Å². The molecule has 0 aliphatic rings. The summed E-state index contributed by atoms with van der Waals surface area (Å²) in [4.78, 5) is 11.4. The van der Waals surface area contributed by atoms with Crippen molar-refractivity contribution >= 4 is 6.09 Å². The van der Waals surface area contributed by atoms with Crippen LogP contribution in [0.25, 0.3) is 0 Å². The van der Waals surface area contributed by atoms with Crippen molar-refractivity contribution in [3.8, 4) is 12.3 Å². The Morgan fingerprint density at radius 2 is 2.17 bits per heavy atom. The van der Waals surface area contributed by atoms with Gasteiger partial charge in [0.1, 0.15) is 11.4 Å². The number of hydrogen-bond acceptors (Lipinski definition) is 2. The van der Waals surface area contributed by atoms with Crippen molar-refractivity contribution in [3.05, 3.63) is 35.1 Å². The van der Waals surface area contributed by atoms with Gasteiger partial charge in [0.15, 0.2) is 0 Å². The van der Waals surface area contributed by atoms with Gasteiger partial charge in [-0.1, -0.05) is 5.92 Å². The largest absolute Gasteiger partial charge is 0.444 e. The summed E-state index contributed by atoms with van der Waals surface area (Å²) in [6, 6.07) is 4.08. The Labute approximate surface area is 106 Å². The summed E-state index contributed by atoms with van der Waals surface area (Å²) >= 11 is 0. The van der Waals surface area contributed by atoms with Crippen LogP contribution in [-0.2, 0) is 11.3 Å². The highest BCUT2D eigenvalue weighted by Crippen LogP contribution is 2.11.